The van der Waals surface area contributed by atoms with Crippen molar-refractivity contribution in [1.29, 1.82) is 0 Å². The van der Waals surface area contributed by atoms with Crippen molar-refractivity contribution in [1.82, 2.24) is 20.4 Å². The standard InChI is InChI=1S/C18H23ClN4O2/c1-23-12-14(11-22-23)10-20-17(24)21-13-18(6-8-25-9-7-18)15-2-4-16(19)5-3-15/h2-5,11-12H,6-10,13H2,1H3,(H2,20,21,24). The zero-order valence-corrected chi connectivity index (χ0v) is 15.1. The van der Waals surface area contributed by atoms with E-state index in [1.54, 1.807) is 10.9 Å². The van der Waals surface area contributed by atoms with Crippen LogP contribution in [0, 0.1) is 0 Å². The van der Waals surface area contributed by atoms with E-state index in [0.29, 0.717) is 31.3 Å². The number of urea groups is 1. The molecule has 2 N–H and O–H groups in total. The van der Waals surface area contributed by atoms with Crippen molar-refractivity contribution in [3.8, 4) is 0 Å². The third-order valence-corrected chi connectivity index (χ3v) is 4.96. The lowest BCUT2D eigenvalue weighted by Crippen LogP contribution is -2.47. The molecule has 25 heavy (non-hydrogen) atoms. The molecular formula is C18H23ClN4O2. The molecule has 0 atom stereocenters. The number of amides is 2. The molecular weight excluding hydrogens is 340 g/mol. The molecule has 0 unspecified atom stereocenters. The Labute approximate surface area is 152 Å². The number of nitrogens with zero attached hydrogens (tertiary/aromatic N) is 2. The molecule has 2 aromatic rings. The summed E-state index contributed by atoms with van der Waals surface area (Å²) in [6.07, 6.45) is 5.37. The second-order valence-electron chi connectivity index (χ2n) is 6.46. The number of ether oxygens (including phenoxy) is 1. The van der Waals surface area contributed by atoms with Crippen molar-refractivity contribution in [2.24, 2.45) is 7.05 Å². The quantitative estimate of drug-likeness (QED) is 0.859. The molecule has 2 amide bonds. The SMILES string of the molecule is Cn1cc(CNC(=O)NCC2(c3ccc(Cl)cc3)CCOCC2)cn1. The molecule has 0 spiro atoms. The van der Waals surface area contributed by atoms with Gasteiger partial charge in [0.25, 0.3) is 0 Å². The largest absolute Gasteiger partial charge is 0.381 e. The Bertz CT molecular complexity index is 708. The number of carbonyl (C=O) groups excluding carboxylic acids is 1. The Morgan fingerprint density at radius 1 is 1.28 bits per heavy atom. The number of hydrogen-bond acceptors (Lipinski definition) is 3. The van der Waals surface area contributed by atoms with Gasteiger partial charge in [0.05, 0.1) is 6.20 Å². The summed E-state index contributed by atoms with van der Waals surface area (Å²) in [5.74, 6) is 0. The Morgan fingerprint density at radius 2 is 2.00 bits per heavy atom. The van der Waals surface area contributed by atoms with E-state index in [9.17, 15) is 4.79 Å². The van der Waals surface area contributed by atoms with Gasteiger partial charge in [-0.25, -0.2) is 4.79 Å². The zero-order valence-electron chi connectivity index (χ0n) is 14.3. The molecule has 1 fully saturated rings. The number of aromatic nitrogens is 2. The topological polar surface area (TPSA) is 68.2 Å². The first-order chi connectivity index (χ1) is 12.1. The van der Waals surface area contributed by atoms with Gasteiger partial charge in [0.15, 0.2) is 0 Å². The Hall–Kier alpha value is -2.05. The van der Waals surface area contributed by atoms with Crippen LogP contribution in [-0.2, 0) is 23.7 Å². The van der Waals surface area contributed by atoms with E-state index < -0.39 is 0 Å². The van der Waals surface area contributed by atoms with E-state index in [4.69, 9.17) is 16.3 Å². The van der Waals surface area contributed by atoms with Crippen LogP contribution >= 0.6 is 11.6 Å². The second-order valence-corrected chi connectivity index (χ2v) is 6.89. The number of aryl methyl sites for hydroxylation is 1. The molecule has 134 valence electrons. The molecule has 1 aliphatic rings. The molecule has 1 aromatic heterocycles. The van der Waals surface area contributed by atoms with Crippen LogP contribution in [0.3, 0.4) is 0 Å². The van der Waals surface area contributed by atoms with Crippen molar-refractivity contribution in [2.45, 2.75) is 24.8 Å². The summed E-state index contributed by atoms with van der Waals surface area (Å²) in [6.45, 7) is 2.41. The van der Waals surface area contributed by atoms with Gasteiger partial charge in [-0.1, -0.05) is 23.7 Å². The maximum absolute atomic E-state index is 12.2. The van der Waals surface area contributed by atoms with Crippen LogP contribution in [-0.4, -0.2) is 35.6 Å². The molecule has 1 aromatic carbocycles. The van der Waals surface area contributed by atoms with Crippen LogP contribution in [0.2, 0.25) is 5.02 Å². The predicted octanol–water partition coefficient (Wildman–Crippen LogP) is 2.62. The predicted molar refractivity (Wildman–Crippen MR) is 96.6 cm³/mol. The molecule has 6 nitrogen and oxygen atoms in total. The molecule has 1 saturated heterocycles. The van der Waals surface area contributed by atoms with E-state index in [0.717, 1.165) is 18.4 Å². The summed E-state index contributed by atoms with van der Waals surface area (Å²) in [7, 11) is 1.85. The third-order valence-electron chi connectivity index (χ3n) is 4.71. The van der Waals surface area contributed by atoms with Crippen molar-refractivity contribution in [2.75, 3.05) is 19.8 Å². The highest BCUT2D eigenvalue weighted by atomic mass is 35.5. The van der Waals surface area contributed by atoms with Gasteiger partial charge in [0, 0.05) is 55.5 Å². The minimum Gasteiger partial charge on any atom is -0.381 e. The lowest BCUT2D eigenvalue weighted by atomic mass is 9.74. The maximum Gasteiger partial charge on any atom is 0.315 e. The van der Waals surface area contributed by atoms with Crippen LogP contribution < -0.4 is 10.6 Å². The lowest BCUT2D eigenvalue weighted by Gasteiger charge is -2.38. The fraction of sp³-hybridized carbons (Fsp3) is 0.444. The first kappa shape index (κ1) is 17.8. The van der Waals surface area contributed by atoms with Gasteiger partial charge >= 0.3 is 6.03 Å². The highest BCUT2D eigenvalue weighted by molar-refractivity contribution is 6.30. The van der Waals surface area contributed by atoms with Crippen molar-refractivity contribution < 1.29 is 9.53 Å². The van der Waals surface area contributed by atoms with E-state index in [1.807, 2.05) is 37.5 Å². The van der Waals surface area contributed by atoms with Crippen LogP contribution in [0.25, 0.3) is 0 Å². The van der Waals surface area contributed by atoms with Crippen LogP contribution in [0.4, 0.5) is 4.79 Å². The zero-order chi connectivity index (χ0) is 17.7. The lowest BCUT2D eigenvalue weighted by molar-refractivity contribution is 0.0507. The maximum atomic E-state index is 12.2. The molecule has 1 aliphatic heterocycles. The molecule has 0 aliphatic carbocycles. The van der Waals surface area contributed by atoms with Gasteiger partial charge in [0.2, 0.25) is 0 Å². The summed E-state index contributed by atoms with van der Waals surface area (Å²) < 4.78 is 7.24. The number of carbonyl (C=O) groups is 1. The number of benzene rings is 1. The number of hydrogen-bond donors (Lipinski definition) is 2. The Balaban J connectivity index is 1.60. The van der Waals surface area contributed by atoms with Crippen molar-refractivity contribution in [3.05, 3.63) is 52.8 Å². The molecule has 0 bridgehead atoms. The monoisotopic (exact) mass is 362 g/mol. The highest BCUT2D eigenvalue weighted by Gasteiger charge is 2.34. The van der Waals surface area contributed by atoms with Crippen molar-refractivity contribution in [3.63, 3.8) is 0 Å². The average Bonchev–Trinajstić information content (AvgIpc) is 3.05. The van der Waals surface area contributed by atoms with Crippen LogP contribution in [0.1, 0.15) is 24.0 Å². The van der Waals surface area contributed by atoms with Gasteiger partial charge in [-0.2, -0.15) is 5.10 Å². The minimum absolute atomic E-state index is 0.117. The Morgan fingerprint density at radius 3 is 2.64 bits per heavy atom. The van der Waals surface area contributed by atoms with Gasteiger partial charge in [-0.3, -0.25) is 4.68 Å². The molecule has 7 heteroatoms. The van der Waals surface area contributed by atoms with Gasteiger partial charge < -0.3 is 15.4 Å². The van der Waals surface area contributed by atoms with Gasteiger partial charge in [-0.15, -0.1) is 0 Å². The second kappa shape index (κ2) is 7.89. The fourth-order valence-corrected chi connectivity index (χ4v) is 3.32. The van der Waals surface area contributed by atoms with E-state index in [2.05, 4.69) is 15.7 Å². The van der Waals surface area contributed by atoms with Gasteiger partial charge in [0.1, 0.15) is 0 Å². The first-order valence-corrected chi connectivity index (χ1v) is 8.78. The van der Waals surface area contributed by atoms with Crippen LogP contribution in [0.15, 0.2) is 36.7 Å². The minimum atomic E-state index is -0.177. The number of halogens is 1. The molecule has 3 rings (SSSR count). The smallest absolute Gasteiger partial charge is 0.315 e. The summed E-state index contributed by atoms with van der Waals surface area (Å²) in [6, 6.07) is 7.71. The summed E-state index contributed by atoms with van der Waals surface area (Å²) in [5, 5.41) is 10.7. The fourth-order valence-electron chi connectivity index (χ4n) is 3.19. The third kappa shape index (κ3) is 4.52. The Kier molecular flexibility index (Phi) is 5.60. The summed E-state index contributed by atoms with van der Waals surface area (Å²) in [4.78, 5) is 12.2. The summed E-state index contributed by atoms with van der Waals surface area (Å²) >= 11 is 6.01. The van der Waals surface area contributed by atoms with E-state index in [-0.39, 0.29) is 11.4 Å². The molecule has 0 radical (unpaired) electrons. The van der Waals surface area contributed by atoms with E-state index in [1.165, 1.54) is 5.56 Å². The first-order valence-electron chi connectivity index (χ1n) is 8.40. The summed E-state index contributed by atoms with van der Waals surface area (Å²) in [5.41, 5.74) is 2.04. The molecule has 2 heterocycles. The van der Waals surface area contributed by atoms with Crippen LogP contribution in [0.5, 0.6) is 0 Å². The van der Waals surface area contributed by atoms with Gasteiger partial charge in [-0.05, 0) is 30.5 Å². The van der Waals surface area contributed by atoms with E-state index >= 15 is 0 Å². The number of nitrogens with one attached hydrogen (secondary N) is 2. The number of rotatable bonds is 5. The normalized spacial score (nSPS) is 16.4. The molecule has 0 saturated carbocycles. The average molecular weight is 363 g/mol. The van der Waals surface area contributed by atoms with Crippen molar-refractivity contribution >= 4 is 17.6 Å². The highest BCUT2D eigenvalue weighted by Crippen LogP contribution is 2.34.